The SMILES string of the molecule is CC(=O)OCCNN(C)C. The van der Waals surface area contributed by atoms with E-state index in [0.717, 1.165) is 0 Å². The molecule has 0 aliphatic carbocycles. The van der Waals surface area contributed by atoms with Gasteiger partial charge in [-0.15, -0.1) is 0 Å². The molecule has 1 N–H and O–H groups in total. The number of hydrazine groups is 1. The van der Waals surface area contributed by atoms with E-state index in [9.17, 15) is 4.79 Å². The Balaban J connectivity index is 2.98. The molecule has 0 bridgehead atoms. The molecule has 0 aromatic rings. The predicted molar refractivity (Wildman–Crippen MR) is 38.3 cm³/mol. The molecule has 0 rings (SSSR count). The number of nitrogens with one attached hydrogen (secondary N) is 1. The van der Waals surface area contributed by atoms with Crippen molar-refractivity contribution in [2.45, 2.75) is 6.92 Å². The third-order valence-electron chi connectivity index (χ3n) is 0.835. The second-order valence-electron chi connectivity index (χ2n) is 2.14. The lowest BCUT2D eigenvalue weighted by molar-refractivity contribution is -0.140. The highest BCUT2D eigenvalue weighted by molar-refractivity contribution is 5.65. The van der Waals surface area contributed by atoms with E-state index < -0.39 is 0 Å². The lowest BCUT2D eigenvalue weighted by Gasteiger charge is -2.10. The van der Waals surface area contributed by atoms with Crippen molar-refractivity contribution in [3.8, 4) is 0 Å². The number of rotatable bonds is 4. The van der Waals surface area contributed by atoms with Gasteiger partial charge in [-0.3, -0.25) is 15.2 Å². The van der Waals surface area contributed by atoms with E-state index in [4.69, 9.17) is 0 Å². The van der Waals surface area contributed by atoms with Crippen molar-refractivity contribution < 1.29 is 9.53 Å². The second-order valence-corrected chi connectivity index (χ2v) is 2.14. The summed E-state index contributed by atoms with van der Waals surface area (Å²) in [5.74, 6) is -0.236. The average molecular weight is 146 g/mol. The minimum Gasteiger partial charge on any atom is -0.464 e. The molecule has 60 valence electrons. The van der Waals surface area contributed by atoms with Crippen LogP contribution in [0.4, 0.5) is 0 Å². The number of hydrogen-bond donors (Lipinski definition) is 1. The first-order valence-corrected chi connectivity index (χ1v) is 3.17. The number of hydrogen-bond acceptors (Lipinski definition) is 4. The van der Waals surface area contributed by atoms with Crippen molar-refractivity contribution in [2.75, 3.05) is 27.2 Å². The molecule has 10 heavy (non-hydrogen) atoms. The third-order valence-corrected chi connectivity index (χ3v) is 0.835. The summed E-state index contributed by atoms with van der Waals surface area (Å²) in [6.07, 6.45) is 0. The lowest BCUT2D eigenvalue weighted by Crippen LogP contribution is -2.33. The Morgan fingerprint density at radius 2 is 2.20 bits per heavy atom. The summed E-state index contributed by atoms with van der Waals surface area (Å²) in [6.45, 7) is 2.48. The molecule has 0 saturated carbocycles. The molecule has 0 aromatic carbocycles. The zero-order valence-electron chi connectivity index (χ0n) is 6.68. The fourth-order valence-corrected chi connectivity index (χ4v) is 0.464. The van der Waals surface area contributed by atoms with E-state index in [0.29, 0.717) is 13.2 Å². The van der Waals surface area contributed by atoms with Crippen molar-refractivity contribution in [2.24, 2.45) is 0 Å². The normalized spacial score (nSPS) is 10.0. The van der Waals surface area contributed by atoms with Gasteiger partial charge in [0.05, 0.1) is 0 Å². The first kappa shape index (κ1) is 9.39. The Labute approximate surface area is 61.1 Å². The molecule has 0 radical (unpaired) electrons. The largest absolute Gasteiger partial charge is 0.464 e. The zero-order chi connectivity index (χ0) is 7.98. The highest BCUT2D eigenvalue weighted by Crippen LogP contribution is 1.73. The monoisotopic (exact) mass is 146 g/mol. The van der Waals surface area contributed by atoms with Crippen molar-refractivity contribution >= 4 is 5.97 Å². The third kappa shape index (κ3) is 7.39. The summed E-state index contributed by atoms with van der Waals surface area (Å²) in [5.41, 5.74) is 2.96. The fourth-order valence-electron chi connectivity index (χ4n) is 0.464. The van der Waals surface area contributed by atoms with Crippen molar-refractivity contribution in [3.63, 3.8) is 0 Å². The zero-order valence-corrected chi connectivity index (χ0v) is 6.68. The minimum atomic E-state index is -0.236. The van der Waals surface area contributed by atoms with E-state index in [2.05, 4.69) is 10.2 Å². The molecule has 0 unspecified atom stereocenters. The Bertz CT molecular complexity index is 104. The Morgan fingerprint density at radius 3 is 2.60 bits per heavy atom. The maximum atomic E-state index is 10.2. The van der Waals surface area contributed by atoms with Crippen LogP contribution in [-0.4, -0.2) is 38.2 Å². The van der Waals surface area contributed by atoms with Gasteiger partial charge in [0.2, 0.25) is 0 Å². The fraction of sp³-hybridized carbons (Fsp3) is 0.833. The number of nitrogens with zero attached hydrogens (tertiary/aromatic N) is 1. The van der Waals surface area contributed by atoms with Crippen LogP contribution >= 0.6 is 0 Å². The van der Waals surface area contributed by atoms with Crippen LogP contribution in [0.2, 0.25) is 0 Å². The highest BCUT2D eigenvalue weighted by Gasteiger charge is 1.91. The Morgan fingerprint density at radius 1 is 1.60 bits per heavy atom. The van der Waals surface area contributed by atoms with Gasteiger partial charge in [-0.2, -0.15) is 0 Å². The maximum absolute atomic E-state index is 10.2. The van der Waals surface area contributed by atoms with Gasteiger partial charge in [0.15, 0.2) is 0 Å². The molecule has 0 heterocycles. The van der Waals surface area contributed by atoms with Gasteiger partial charge in [-0.25, -0.2) is 0 Å². The predicted octanol–water partition coefficient (Wildman–Crippen LogP) is -0.384. The minimum absolute atomic E-state index is 0.236. The molecule has 4 heteroatoms. The van der Waals surface area contributed by atoms with E-state index in [1.165, 1.54) is 6.92 Å². The summed E-state index contributed by atoms with van der Waals surface area (Å²) in [7, 11) is 3.77. The average Bonchev–Trinajstić information content (AvgIpc) is 1.79. The van der Waals surface area contributed by atoms with Crippen LogP contribution in [-0.2, 0) is 9.53 Å². The number of ether oxygens (including phenoxy) is 1. The van der Waals surface area contributed by atoms with Gasteiger partial charge in [0, 0.05) is 27.6 Å². The molecule has 4 nitrogen and oxygen atoms in total. The number of esters is 1. The van der Waals surface area contributed by atoms with Crippen LogP contribution in [0, 0.1) is 0 Å². The van der Waals surface area contributed by atoms with Crippen LogP contribution in [0.3, 0.4) is 0 Å². The van der Waals surface area contributed by atoms with Gasteiger partial charge in [-0.05, 0) is 0 Å². The summed E-state index contributed by atoms with van der Waals surface area (Å²) in [6, 6.07) is 0. The number of carbonyl (C=O) groups excluding carboxylic acids is 1. The van der Waals surface area contributed by atoms with Crippen molar-refractivity contribution in [1.82, 2.24) is 10.4 Å². The molecule has 0 amide bonds. The van der Waals surface area contributed by atoms with Crippen molar-refractivity contribution in [3.05, 3.63) is 0 Å². The van der Waals surface area contributed by atoms with Gasteiger partial charge in [0.25, 0.3) is 0 Å². The van der Waals surface area contributed by atoms with Crippen molar-refractivity contribution in [1.29, 1.82) is 0 Å². The van der Waals surface area contributed by atoms with Crippen LogP contribution in [0.1, 0.15) is 6.92 Å². The van der Waals surface area contributed by atoms with E-state index in [-0.39, 0.29) is 5.97 Å². The lowest BCUT2D eigenvalue weighted by atomic mass is 10.7. The Hall–Kier alpha value is -0.610. The van der Waals surface area contributed by atoms with Gasteiger partial charge < -0.3 is 4.74 Å². The van der Waals surface area contributed by atoms with Crippen LogP contribution < -0.4 is 5.43 Å². The highest BCUT2D eigenvalue weighted by atomic mass is 16.5. The van der Waals surface area contributed by atoms with Crippen LogP contribution in [0.25, 0.3) is 0 Å². The molecular formula is C6H14N2O2. The van der Waals surface area contributed by atoms with Gasteiger partial charge in [0.1, 0.15) is 6.61 Å². The molecule has 0 aliphatic rings. The molecule has 0 spiro atoms. The standard InChI is InChI=1S/C6H14N2O2/c1-6(9)10-5-4-7-8(2)3/h7H,4-5H2,1-3H3. The Kier molecular flexibility index (Phi) is 4.88. The molecule has 0 aromatic heterocycles. The quantitative estimate of drug-likeness (QED) is 0.333. The maximum Gasteiger partial charge on any atom is 0.302 e. The molecular weight excluding hydrogens is 132 g/mol. The van der Waals surface area contributed by atoms with E-state index >= 15 is 0 Å². The summed E-state index contributed by atoms with van der Waals surface area (Å²) < 4.78 is 4.66. The number of carbonyl (C=O) groups is 1. The first-order chi connectivity index (χ1) is 4.63. The molecule has 0 saturated heterocycles. The molecule has 0 aliphatic heterocycles. The van der Waals surface area contributed by atoms with E-state index in [1.807, 2.05) is 19.1 Å². The topological polar surface area (TPSA) is 41.6 Å². The summed E-state index contributed by atoms with van der Waals surface area (Å²) >= 11 is 0. The van der Waals surface area contributed by atoms with E-state index in [1.54, 1.807) is 0 Å². The van der Waals surface area contributed by atoms with Gasteiger partial charge >= 0.3 is 5.97 Å². The smallest absolute Gasteiger partial charge is 0.302 e. The van der Waals surface area contributed by atoms with Crippen LogP contribution in [0.15, 0.2) is 0 Å². The second kappa shape index (κ2) is 5.20. The first-order valence-electron chi connectivity index (χ1n) is 3.17. The van der Waals surface area contributed by atoms with Gasteiger partial charge in [-0.1, -0.05) is 0 Å². The molecule has 0 fully saturated rings. The van der Waals surface area contributed by atoms with Crippen LogP contribution in [0.5, 0.6) is 0 Å². The summed E-state index contributed by atoms with van der Waals surface area (Å²) in [4.78, 5) is 10.2. The molecule has 0 atom stereocenters. The summed E-state index contributed by atoms with van der Waals surface area (Å²) in [5, 5.41) is 1.81.